The number of hydrogen-bond acceptors (Lipinski definition) is 7. The van der Waals surface area contributed by atoms with Crippen LogP contribution in [0.1, 0.15) is 44.0 Å². The molecule has 1 N–H and O–H groups in total. The van der Waals surface area contributed by atoms with Gasteiger partial charge >= 0.3 is 12.1 Å². The number of aromatic amines is 1. The Morgan fingerprint density at radius 2 is 1.91 bits per heavy atom. The van der Waals surface area contributed by atoms with Gasteiger partial charge in [0.15, 0.2) is 6.61 Å². The average Bonchev–Trinajstić information content (AvgIpc) is 3.13. The van der Waals surface area contributed by atoms with Crippen LogP contribution in [0.15, 0.2) is 22.9 Å². The number of ketones is 1. The molecule has 0 atom stereocenters. The monoisotopic (exact) mass is 520 g/mol. The maximum atomic E-state index is 12.6. The molecule has 4 rings (SSSR count). The van der Waals surface area contributed by atoms with Crippen LogP contribution in [-0.4, -0.2) is 82.0 Å². The first-order chi connectivity index (χ1) is 15.6. The molecule has 0 radical (unpaired) electrons. The van der Waals surface area contributed by atoms with Gasteiger partial charge in [-0.3, -0.25) is 14.5 Å². The molecule has 2 aromatic rings. The Morgan fingerprint density at radius 1 is 1.21 bits per heavy atom. The van der Waals surface area contributed by atoms with Crippen molar-refractivity contribution in [3.8, 4) is 0 Å². The number of rotatable bonds is 5. The van der Waals surface area contributed by atoms with Gasteiger partial charge in [0.05, 0.1) is 5.92 Å². The van der Waals surface area contributed by atoms with Gasteiger partial charge in [0, 0.05) is 46.9 Å². The predicted octanol–water partition coefficient (Wildman–Crippen LogP) is 3.38. The summed E-state index contributed by atoms with van der Waals surface area (Å²) >= 11 is 3.36. The SMILES string of the molecule is CC(C)(C)OC(=O)N1CC(N2CCC(C(=O)OCC(=O)c3c[nH]c4ncc(Br)cc34)CC2)C1. The van der Waals surface area contributed by atoms with Crippen molar-refractivity contribution >= 4 is 44.8 Å². The van der Waals surface area contributed by atoms with Gasteiger partial charge in [0.25, 0.3) is 0 Å². The maximum absolute atomic E-state index is 12.6. The van der Waals surface area contributed by atoms with Crippen molar-refractivity contribution in [2.75, 3.05) is 32.8 Å². The number of aromatic nitrogens is 2. The molecule has 2 aromatic heterocycles. The number of halogens is 1. The molecule has 2 aliphatic rings. The lowest BCUT2D eigenvalue weighted by atomic mass is 9.94. The number of likely N-dealkylation sites (tertiary alicyclic amines) is 2. The Morgan fingerprint density at radius 3 is 2.58 bits per heavy atom. The van der Waals surface area contributed by atoms with Gasteiger partial charge < -0.3 is 19.4 Å². The quantitative estimate of drug-likeness (QED) is 0.475. The molecule has 10 heteroatoms. The molecule has 9 nitrogen and oxygen atoms in total. The van der Waals surface area contributed by atoms with Gasteiger partial charge in [0.1, 0.15) is 11.2 Å². The van der Waals surface area contributed by atoms with Gasteiger partial charge in [-0.05, 0) is 68.7 Å². The predicted molar refractivity (Wildman–Crippen MR) is 125 cm³/mol. The van der Waals surface area contributed by atoms with Crippen LogP contribution in [-0.2, 0) is 14.3 Å². The largest absolute Gasteiger partial charge is 0.457 e. The highest BCUT2D eigenvalue weighted by Crippen LogP contribution is 2.26. The zero-order chi connectivity index (χ0) is 23.8. The van der Waals surface area contributed by atoms with E-state index in [2.05, 4.69) is 30.8 Å². The molecule has 4 heterocycles. The van der Waals surface area contributed by atoms with Crippen molar-refractivity contribution < 1.29 is 23.9 Å². The Balaban J connectivity index is 1.20. The van der Waals surface area contributed by atoms with Crippen LogP contribution in [0.5, 0.6) is 0 Å². The summed E-state index contributed by atoms with van der Waals surface area (Å²) in [5, 5.41) is 0.694. The number of amides is 1. The van der Waals surface area contributed by atoms with Crippen molar-refractivity contribution in [2.24, 2.45) is 5.92 Å². The number of H-pyrrole nitrogens is 1. The summed E-state index contributed by atoms with van der Waals surface area (Å²) in [4.78, 5) is 48.4. The highest BCUT2D eigenvalue weighted by atomic mass is 79.9. The highest BCUT2D eigenvalue weighted by Gasteiger charge is 2.39. The first-order valence-electron chi connectivity index (χ1n) is 11.1. The molecular formula is C23H29BrN4O5. The van der Waals surface area contributed by atoms with E-state index in [9.17, 15) is 14.4 Å². The van der Waals surface area contributed by atoms with Crippen molar-refractivity contribution in [1.29, 1.82) is 0 Å². The zero-order valence-electron chi connectivity index (χ0n) is 19.1. The van der Waals surface area contributed by atoms with Crippen LogP contribution in [0.2, 0.25) is 0 Å². The molecule has 33 heavy (non-hydrogen) atoms. The van der Waals surface area contributed by atoms with Crippen molar-refractivity contribution in [2.45, 2.75) is 45.3 Å². The summed E-state index contributed by atoms with van der Waals surface area (Å²) in [6.07, 6.45) is 4.33. The van der Waals surface area contributed by atoms with E-state index >= 15 is 0 Å². The van der Waals surface area contributed by atoms with E-state index in [-0.39, 0.29) is 30.4 Å². The minimum atomic E-state index is -0.496. The van der Waals surface area contributed by atoms with Crippen molar-refractivity contribution in [3.63, 3.8) is 0 Å². The number of hydrogen-bond donors (Lipinski definition) is 1. The van der Waals surface area contributed by atoms with E-state index in [0.29, 0.717) is 48.6 Å². The van der Waals surface area contributed by atoms with Gasteiger partial charge in [-0.15, -0.1) is 0 Å². The Bertz CT molecular complexity index is 1050. The fourth-order valence-corrected chi connectivity index (χ4v) is 4.53. The smallest absolute Gasteiger partial charge is 0.410 e. The summed E-state index contributed by atoms with van der Waals surface area (Å²) in [7, 11) is 0. The summed E-state index contributed by atoms with van der Waals surface area (Å²) < 4.78 is 11.5. The number of nitrogens with one attached hydrogen (secondary N) is 1. The molecule has 0 saturated carbocycles. The molecule has 0 aliphatic carbocycles. The fraction of sp³-hybridized carbons (Fsp3) is 0.565. The Hall–Kier alpha value is -2.46. The summed E-state index contributed by atoms with van der Waals surface area (Å²) in [6.45, 7) is 8.11. The molecule has 0 aromatic carbocycles. The number of carbonyl (C=O) groups excluding carboxylic acids is 3. The molecular weight excluding hydrogens is 492 g/mol. The summed E-state index contributed by atoms with van der Waals surface area (Å²) in [6, 6.07) is 2.11. The van der Waals surface area contributed by atoms with Gasteiger partial charge in [0.2, 0.25) is 5.78 Å². The Kier molecular flexibility index (Phi) is 6.76. The number of nitrogens with zero attached hydrogens (tertiary/aromatic N) is 3. The summed E-state index contributed by atoms with van der Waals surface area (Å²) in [5.74, 6) is -0.801. The molecule has 2 aliphatic heterocycles. The number of Topliss-reactive ketones (excluding diaryl/α,β-unsaturated/α-hetero) is 1. The van der Waals surface area contributed by atoms with Gasteiger partial charge in [-0.1, -0.05) is 0 Å². The molecule has 0 bridgehead atoms. The van der Waals surface area contributed by atoms with E-state index in [1.807, 2.05) is 26.8 Å². The number of ether oxygens (including phenoxy) is 2. The van der Waals surface area contributed by atoms with Crippen LogP contribution in [0, 0.1) is 5.92 Å². The minimum absolute atomic E-state index is 0.213. The molecule has 0 spiro atoms. The molecule has 1 amide bonds. The minimum Gasteiger partial charge on any atom is -0.457 e. The van der Waals surface area contributed by atoms with E-state index in [1.54, 1.807) is 17.3 Å². The van der Waals surface area contributed by atoms with Crippen molar-refractivity contribution in [3.05, 3.63) is 28.5 Å². The highest BCUT2D eigenvalue weighted by molar-refractivity contribution is 9.10. The van der Waals surface area contributed by atoms with Crippen LogP contribution in [0.3, 0.4) is 0 Å². The second-order valence-electron chi connectivity index (χ2n) is 9.63. The van der Waals surface area contributed by atoms with E-state index < -0.39 is 5.60 Å². The molecule has 2 fully saturated rings. The van der Waals surface area contributed by atoms with E-state index in [4.69, 9.17) is 9.47 Å². The first-order valence-corrected chi connectivity index (χ1v) is 11.9. The third-order valence-corrected chi connectivity index (χ3v) is 6.47. The van der Waals surface area contributed by atoms with Crippen LogP contribution >= 0.6 is 15.9 Å². The molecule has 178 valence electrons. The maximum Gasteiger partial charge on any atom is 0.410 e. The summed E-state index contributed by atoms with van der Waals surface area (Å²) in [5.41, 5.74) is 0.576. The topological polar surface area (TPSA) is 105 Å². The van der Waals surface area contributed by atoms with Gasteiger partial charge in [-0.2, -0.15) is 0 Å². The van der Waals surface area contributed by atoms with Crippen LogP contribution in [0.4, 0.5) is 4.79 Å². The number of fused-ring (bicyclic) bond motifs is 1. The number of piperidine rings is 1. The number of carbonyl (C=O) groups is 3. The molecule has 0 unspecified atom stereocenters. The number of esters is 1. The lowest BCUT2D eigenvalue weighted by Crippen LogP contribution is -2.62. The van der Waals surface area contributed by atoms with Crippen molar-refractivity contribution in [1.82, 2.24) is 19.8 Å². The lowest BCUT2D eigenvalue weighted by molar-refractivity contribution is -0.149. The van der Waals surface area contributed by atoms with E-state index in [0.717, 1.165) is 17.6 Å². The third kappa shape index (κ3) is 5.55. The molecule has 2 saturated heterocycles. The van der Waals surface area contributed by atoms with Gasteiger partial charge in [-0.25, -0.2) is 9.78 Å². The fourth-order valence-electron chi connectivity index (χ4n) is 4.20. The second-order valence-corrected chi connectivity index (χ2v) is 10.5. The van der Waals surface area contributed by atoms with Crippen LogP contribution in [0.25, 0.3) is 11.0 Å². The second kappa shape index (κ2) is 9.42. The average molecular weight is 521 g/mol. The standard InChI is InChI=1S/C23H29BrN4O5/c1-23(2,3)33-22(31)28-11-16(12-28)27-6-4-14(5-7-27)21(30)32-13-19(29)18-10-26-20-17(18)8-15(24)9-25-20/h8-10,14,16H,4-7,11-13H2,1-3H3,(H,25,26). The first kappa shape index (κ1) is 23.7. The number of pyridine rings is 1. The lowest BCUT2D eigenvalue weighted by Gasteiger charge is -2.47. The zero-order valence-corrected chi connectivity index (χ0v) is 20.7. The van der Waals surface area contributed by atoms with E-state index in [1.165, 1.54) is 0 Å². The normalized spacial score (nSPS) is 18.2. The van der Waals surface area contributed by atoms with Crippen LogP contribution < -0.4 is 0 Å². The third-order valence-electron chi connectivity index (χ3n) is 6.04. The Labute approximate surface area is 200 Å².